The van der Waals surface area contributed by atoms with Crippen LogP contribution in [0.1, 0.15) is 39.1 Å². The van der Waals surface area contributed by atoms with Crippen molar-refractivity contribution in [3.63, 3.8) is 0 Å². The lowest BCUT2D eigenvalue weighted by Crippen LogP contribution is -2.27. The number of hydrogen-bond donors (Lipinski definition) is 1. The summed E-state index contributed by atoms with van der Waals surface area (Å²) in [5.41, 5.74) is 3.52. The van der Waals surface area contributed by atoms with Crippen molar-refractivity contribution in [2.75, 3.05) is 0 Å². The van der Waals surface area contributed by atoms with Crippen LogP contribution in [-0.2, 0) is 5.75 Å². The SMILES string of the molecule is Cc1nnc(SCc2c(C(=O)NC(C)c3nc(-c4ccccc4)cs3)oc3ccccc23)s1. The van der Waals surface area contributed by atoms with Gasteiger partial charge in [-0.05, 0) is 19.9 Å². The second-order valence-corrected chi connectivity index (χ2v) is 10.7. The van der Waals surface area contributed by atoms with Gasteiger partial charge in [-0.2, -0.15) is 0 Å². The quantitative estimate of drug-likeness (QED) is 0.261. The van der Waals surface area contributed by atoms with Gasteiger partial charge in [0.1, 0.15) is 15.6 Å². The Morgan fingerprint density at radius 3 is 2.70 bits per heavy atom. The molecule has 0 aliphatic rings. The Morgan fingerprint density at radius 2 is 1.91 bits per heavy atom. The van der Waals surface area contributed by atoms with E-state index in [4.69, 9.17) is 9.40 Å². The van der Waals surface area contributed by atoms with Crippen molar-refractivity contribution >= 4 is 51.3 Å². The molecule has 1 N–H and O–H groups in total. The van der Waals surface area contributed by atoms with E-state index >= 15 is 0 Å². The number of aryl methyl sites for hydroxylation is 1. The summed E-state index contributed by atoms with van der Waals surface area (Å²) in [6, 6.07) is 17.5. The molecule has 2 aromatic carbocycles. The molecule has 0 saturated heterocycles. The van der Waals surface area contributed by atoms with Gasteiger partial charge in [-0.15, -0.1) is 21.5 Å². The van der Waals surface area contributed by atoms with E-state index in [0.29, 0.717) is 17.1 Å². The molecule has 1 amide bonds. The van der Waals surface area contributed by atoms with Crippen LogP contribution in [0.15, 0.2) is 68.7 Å². The molecule has 0 radical (unpaired) electrons. The van der Waals surface area contributed by atoms with Crippen molar-refractivity contribution in [1.82, 2.24) is 20.5 Å². The number of carbonyl (C=O) groups excluding carboxylic acids is 1. The summed E-state index contributed by atoms with van der Waals surface area (Å²) in [6.07, 6.45) is 0. The molecule has 0 fully saturated rings. The lowest BCUT2D eigenvalue weighted by Gasteiger charge is -2.11. The number of fused-ring (bicyclic) bond motifs is 1. The normalized spacial score (nSPS) is 12.2. The average Bonchev–Trinajstić information content (AvgIpc) is 3.56. The first-order chi connectivity index (χ1) is 16.1. The largest absolute Gasteiger partial charge is 0.451 e. The van der Waals surface area contributed by atoms with Gasteiger partial charge in [0.2, 0.25) is 0 Å². The highest BCUT2D eigenvalue weighted by Gasteiger charge is 2.23. The first-order valence-electron chi connectivity index (χ1n) is 10.3. The van der Waals surface area contributed by atoms with Crippen LogP contribution in [0.5, 0.6) is 0 Å². The van der Waals surface area contributed by atoms with Crippen LogP contribution in [0.25, 0.3) is 22.2 Å². The second kappa shape index (κ2) is 9.46. The minimum absolute atomic E-state index is 0.250. The van der Waals surface area contributed by atoms with Crippen LogP contribution in [0.4, 0.5) is 0 Å². The standard InChI is InChI=1S/C24H20N4O2S3/c1-14(23-26-19(13-31-23)16-8-4-3-5-9-16)25-22(29)21-18(12-32-24-28-27-15(2)33-24)17-10-6-7-11-20(17)30-21/h3-11,13-14H,12H2,1-2H3,(H,25,29). The molecular formula is C24H20N4O2S3. The summed E-state index contributed by atoms with van der Waals surface area (Å²) in [6.45, 7) is 3.86. The van der Waals surface area contributed by atoms with Gasteiger partial charge in [0.15, 0.2) is 10.1 Å². The summed E-state index contributed by atoms with van der Waals surface area (Å²) in [5, 5.41) is 16.0. The van der Waals surface area contributed by atoms with Gasteiger partial charge in [0, 0.05) is 27.6 Å². The minimum Gasteiger partial charge on any atom is -0.451 e. The Balaban J connectivity index is 1.37. The molecule has 3 heterocycles. The molecule has 1 atom stereocenters. The average molecular weight is 493 g/mol. The van der Waals surface area contributed by atoms with Gasteiger partial charge in [-0.1, -0.05) is 71.6 Å². The Morgan fingerprint density at radius 1 is 1.12 bits per heavy atom. The summed E-state index contributed by atoms with van der Waals surface area (Å²) in [5.74, 6) is 0.647. The summed E-state index contributed by atoms with van der Waals surface area (Å²) in [7, 11) is 0. The van der Waals surface area contributed by atoms with Gasteiger partial charge in [-0.25, -0.2) is 4.98 Å². The van der Waals surface area contributed by atoms with Crippen LogP contribution in [0.2, 0.25) is 0 Å². The third kappa shape index (κ3) is 4.71. The number of thioether (sulfide) groups is 1. The van der Waals surface area contributed by atoms with Crippen molar-refractivity contribution in [3.8, 4) is 11.3 Å². The van der Waals surface area contributed by atoms with Gasteiger partial charge in [0.05, 0.1) is 11.7 Å². The molecule has 0 saturated carbocycles. The summed E-state index contributed by atoms with van der Waals surface area (Å²) in [4.78, 5) is 18.0. The number of amides is 1. The molecule has 33 heavy (non-hydrogen) atoms. The fraction of sp³-hybridized carbons (Fsp3) is 0.167. The van der Waals surface area contributed by atoms with Gasteiger partial charge >= 0.3 is 0 Å². The number of benzene rings is 2. The fourth-order valence-electron chi connectivity index (χ4n) is 3.45. The molecule has 5 rings (SSSR count). The lowest BCUT2D eigenvalue weighted by molar-refractivity contribution is 0.0913. The maximum absolute atomic E-state index is 13.2. The Bertz CT molecular complexity index is 1410. The number of para-hydroxylation sites is 1. The summed E-state index contributed by atoms with van der Waals surface area (Å²) < 4.78 is 6.86. The molecule has 0 bridgehead atoms. The molecule has 5 aromatic rings. The second-order valence-electron chi connectivity index (χ2n) is 7.41. The van der Waals surface area contributed by atoms with Crippen molar-refractivity contribution < 1.29 is 9.21 Å². The fourth-order valence-corrected chi connectivity index (χ4v) is 6.13. The predicted molar refractivity (Wildman–Crippen MR) is 134 cm³/mol. The molecule has 3 aromatic heterocycles. The van der Waals surface area contributed by atoms with E-state index in [2.05, 4.69) is 15.5 Å². The first-order valence-corrected chi connectivity index (χ1v) is 13.0. The van der Waals surface area contributed by atoms with E-state index in [-0.39, 0.29) is 11.9 Å². The maximum Gasteiger partial charge on any atom is 0.287 e. The number of furan rings is 1. The zero-order valence-electron chi connectivity index (χ0n) is 17.9. The van der Waals surface area contributed by atoms with Crippen LogP contribution in [0, 0.1) is 6.92 Å². The van der Waals surface area contributed by atoms with Gasteiger partial charge in [-0.3, -0.25) is 4.79 Å². The van der Waals surface area contributed by atoms with Crippen LogP contribution < -0.4 is 5.32 Å². The molecule has 9 heteroatoms. The zero-order valence-corrected chi connectivity index (χ0v) is 20.4. The zero-order chi connectivity index (χ0) is 22.8. The number of hydrogen-bond acceptors (Lipinski definition) is 8. The van der Waals surface area contributed by atoms with Crippen molar-refractivity contribution in [3.05, 3.63) is 81.3 Å². The molecule has 1 unspecified atom stereocenters. The Hall–Kier alpha value is -3.01. The number of thiazole rings is 1. The van der Waals surface area contributed by atoms with Gasteiger partial charge in [0.25, 0.3) is 5.91 Å². The van der Waals surface area contributed by atoms with E-state index in [9.17, 15) is 4.79 Å². The van der Waals surface area contributed by atoms with E-state index < -0.39 is 0 Å². The van der Waals surface area contributed by atoms with Crippen molar-refractivity contribution in [1.29, 1.82) is 0 Å². The first kappa shape index (κ1) is 21.8. The molecular weight excluding hydrogens is 472 g/mol. The third-order valence-corrected chi connectivity index (χ3v) is 8.09. The van der Waals surface area contributed by atoms with Crippen molar-refractivity contribution in [2.45, 2.75) is 30.0 Å². The van der Waals surface area contributed by atoms with E-state index in [1.807, 2.05) is 73.8 Å². The maximum atomic E-state index is 13.2. The number of aromatic nitrogens is 3. The minimum atomic E-state index is -0.251. The van der Waals surface area contributed by atoms with Gasteiger partial charge < -0.3 is 9.73 Å². The predicted octanol–water partition coefficient (Wildman–Crippen LogP) is 6.50. The topological polar surface area (TPSA) is 80.9 Å². The molecule has 166 valence electrons. The molecule has 0 spiro atoms. The van der Waals surface area contributed by atoms with Crippen LogP contribution in [-0.4, -0.2) is 21.1 Å². The molecule has 6 nitrogen and oxygen atoms in total. The highest BCUT2D eigenvalue weighted by molar-refractivity contribution is 8.00. The monoisotopic (exact) mass is 492 g/mol. The number of nitrogens with zero attached hydrogens (tertiary/aromatic N) is 3. The Kier molecular flexibility index (Phi) is 6.26. The third-order valence-electron chi connectivity index (χ3n) is 5.06. The highest BCUT2D eigenvalue weighted by Crippen LogP contribution is 2.33. The van der Waals surface area contributed by atoms with Crippen LogP contribution >= 0.6 is 34.4 Å². The smallest absolute Gasteiger partial charge is 0.287 e. The highest BCUT2D eigenvalue weighted by atomic mass is 32.2. The number of rotatable bonds is 7. The molecule has 0 aliphatic heterocycles. The lowest BCUT2D eigenvalue weighted by atomic mass is 10.1. The molecule has 0 aliphatic carbocycles. The number of nitrogens with one attached hydrogen (secondary N) is 1. The summed E-state index contributed by atoms with van der Waals surface area (Å²) >= 11 is 4.63. The van der Waals surface area contributed by atoms with Crippen LogP contribution in [0.3, 0.4) is 0 Å². The Labute approximate surface area is 203 Å². The van der Waals surface area contributed by atoms with E-state index in [1.54, 1.807) is 23.1 Å². The van der Waals surface area contributed by atoms with E-state index in [1.165, 1.54) is 11.3 Å². The number of carbonyl (C=O) groups is 1. The van der Waals surface area contributed by atoms with Crippen molar-refractivity contribution in [2.24, 2.45) is 0 Å². The van der Waals surface area contributed by atoms with E-state index in [0.717, 1.165) is 36.6 Å².